The van der Waals surface area contributed by atoms with Gasteiger partial charge in [-0.1, -0.05) is 53.9 Å². The smallest absolute Gasteiger partial charge is 0.161 e. The summed E-state index contributed by atoms with van der Waals surface area (Å²) in [6.07, 6.45) is 0. The number of alkyl halides is 3. The molecule has 0 amide bonds. The normalized spacial score (nSPS) is 11.1. The van der Waals surface area contributed by atoms with Crippen LogP contribution in [0.4, 0.5) is 0 Å². The molecule has 0 spiro atoms. The second-order valence-corrected chi connectivity index (χ2v) is 15.9. The van der Waals surface area contributed by atoms with Crippen molar-refractivity contribution in [2.75, 3.05) is 0 Å². The van der Waals surface area contributed by atoms with E-state index >= 15 is 0 Å². The van der Waals surface area contributed by atoms with Crippen molar-refractivity contribution >= 4 is 116 Å². The van der Waals surface area contributed by atoms with Gasteiger partial charge in [0.25, 0.3) is 0 Å². The molecule has 9 heteroatoms. The van der Waals surface area contributed by atoms with Crippen LogP contribution in [0.3, 0.4) is 0 Å². The number of halogens is 6. The molecule has 0 aliphatic rings. The maximum absolute atomic E-state index is 3.50. The van der Waals surface area contributed by atoms with Gasteiger partial charge in [-0.3, -0.25) is 0 Å². The van der Waals surface area contributed by atoms with Crippen LogP contribution in [0, 0.1) is 0 Å². The summed E-state index contributed by atoms with van der Waals surface area (Å²) < 4.78 is 5.63. The Hall–Kier alpha value is 2.49. The molecule has 1 aromatic carbocycles. The Morgan fingerprint density at radius 1 is 0.938 bits per heavy atom. The van der Waals surface area contributed by atoms with Gasteiger partial charge in [0.15, 0.2) is 2.14 Å². The summed E-state index contributed by atoms with van der Waals surface area (Å²) in [4.78, 5) is 0. The van der Waals surface area contributed by atoms with E-state index in [2.05, 4.69) is 100 Å². The molecule has 1 rings (SSSR count). The Bertz CT molecular complexity index is 353. The predicted octanol–water partition coefficient (Wildman–Crippen LogP) is 3.41. The number of benzene rings is 1. The average molecular weight is 643 g/mol. The van der Waals surface area contributed by atoms with Crippen LogP contribution in [-0.2, 0) is 2.14 Å². The first-order valence-electron chi connectivity index (χ1n) is 4.04. The summed E-state index contributed by atoms with van der Waals surface area (Å²) in [6, 6.07) is 3.97. The standard InChI is InChI=1S/C7H2Br6.H7NSi2/c8-4-2-1-3(7(11,12)13)5(9)6(4)10;2-1-3/h1-2H;1H,2-3H3. The topological polar surface area (TPSA) is 12.0 Å². The molecule has 92 valence electrons. The zero-order chi connectivity index (χ0) is 12.9. The van der Waals surface area contributed by atoms with Crippen molar-refractivity contribution in [2.45, 2.75) is 2.14 Å². The molecule has 0 saturated heterocycles. The predicted molar refractivity (Wildman–Crippen MR) is 101 cm³/mol. The summed E-state index contributed by atoms with van der Waals surface area (Å²) in [5.41, 5.74) is 1.06. The van der Waals surface area contributed by atoms with E-state index in [0.717, 1.165) is 19.0 Å². The summed E-state index contributed by atoms with van der Waals surface area (Å²) in [5.74, 6) is 0. The van der Waals surface area contributed by atoms with Gasteiger partial charge in [-0.05, 0) is 53.9 Å². The Kier molecular flexibility index (Phi) is 9.97. The minimum atomic E-state index is -0.394. The lowest BCUT2D eigenvalue weighted by atomic mass is 10.2. The van der Waals surface area contributed by atoms with Crippen molar-refractivity contribution in [3.8, 4) is 0 Å². The number of hydrogen-bond donors (Lipinski definition) is 1. The molecule has 0 saturated carbocycles. The number of nitrogens with one attached hydrogen (secondary N) is 1. The molecule has 0 heterocycles. The van der Waals surface area contributed by atoms with E-state index in [9.17, 15) is 0 Å². The third kappa shape index (κ3) is 6.09. The van der Waals surface area contributed by atoms with Crippen molar-refractivity contribution in [3.63, 3.8) is 0 Å². The minimum Gasteiger partial charge on any atom is -0.374 e. The Morgan fingerprint density at radius 2 is 1.38 bits per heavy atom. The third-order valence-corrected chi connectivity index (χ3v) is 5.99. The van der Waals surface area contributed by atoms with E-state index in [-0.39, 0.29) is 0 Å². The van der Waals surface area contributed by atoms with Gasteiger partial charge in [-0.25, -0.2) is 0 Å². The second kappa shape index (κ2) is 8.62. The quantitative estimate of drug-likeness (QED) is 0.260. The van der Waals surface area contributed by atoms with E-state index in [1.165, 1.54) is 20.8 Å². The van der Waals surface area contributed by atoms with Crippen LogP contribution in [-0.4, -0.2) is 20.8 Å². The largest absolute Gasteiger partial charge is 0.374 e. The zero-order valence-electron chi connectivity index (χ0n) is 8.42. The molecular formula is C7H9Br6NSi2. The van der Waals surface area contributed by atoms with Crippen molar-refractivity contribution < 1.29 is 0 Å². The lowest BCUT2D eigenvalue weighted by molar-refractivity contribution is 1.31. The van der Waals surface area contributed by atoms with Crippen LogP contribution in [0.5, 0.6) is 0 Å². The highest BCUT2D eigenvalue weighted by atomic mass is 80.0. The average Bonchev–Trinajstić information content (AvgIpc) is 2.13. The van der Waals surface area contributed by atoms with Gasteiger partial charge in [0.2, 0.25) is 0 Å². The summed E-state index contributed by atoms with van der Waals surface area (Å²) >= 11 is 20.8. The molecule has 0 aliphatic heterocycles. The highest BCUT2D eigenvalue weighted by molar-refractivity contribution is 9.38. The summed E-state index contributed by atoms with van der Waals surface area (Å²) in [6.45, 7) is 0. The number of hydrogen-bond acceptors (Lipinski definition) is 1. The molecule has 0 radical (unpaired) electrons. The molecule has 16 heavy (non-hydrogen) atoms. The Balaban J connectivity index is 0.000000673. The SMILES string of the molecule is Brc1ccc(C(Br)(Br)Br)c(Br)c1Br.[SiH3]N[SiH3]. The van der Waals surface area contributed by atoms with E-state index in [0.29, 0.717) is 0 Å². The van der Waals surface area contributed by atoms with Gasteiger partial charge < -0.3 is 4.65 Å². The fraction of sp³-hybridized carbons (Fsp3) is 0.143. The molecule has 0 fully saturated rings. The fourth-order valence-corrected chi connectivity index (χ4v) is 4.12. The molecule has 1 aromatic rings. The molecule has 0 aromatic heterocycles. The molecule has 1 nitrogen and oxygen atoms in total. The van der Waals surface area contributed by atoms with Crippen molar-refractivity contribution in [2.24, 2.45) is 0 Å². The highest BCUT2D eigenvalue weighted by Crippen LogP contribution is 2.49. The molecular weight excluding hydrogens is 634 g/mol. The van der Waals surface area contributed by atoms with Crippen LogP contribution in [0.15, 0.2) is 25.6 Å². The van der Waals surface area contributed by atoms with E-state index < -0.39 is 2.14 Å². The lowest BCUT2D eigenvalue weighted by Gasteiger charge is -2.16. The lowest BCUT2D eigenvalue weighted by Crippen LogP contribution is -1.99. The molecule has 1 N–H and O–H groups in total. The minimum absolute atomic E-state index is 0.394. The maximum atomic E-state index is 3.50. The first-order chi connectivity index (χ1) is 7.25. The Morgan fingerprint density at radius 3 is 1.75 bits per heavy atom. The zero-order valence-corrected chi connectivity index (χ0v) is 21.9. The monoisotopic (exact) mass is 637 g/mol. The van der Waals surface area contributed by atoms with Crippen molar-refractivity contribution in [1.82, 2.24) is 4.65 Å². The summed E-state index contributed by atoms with van der Waals surface area (Å²) in [7, 11) is 2.36. The highest BCUT2D eigenvalue weighted by Gasteiger charge is 2.25. The molecule has 0 bridgehead atoms. The first kappa shape index (κ1) is 18.5. The first-order valence-corrected chi connectivity index (χ1v) is 10.8. The maximum Gasteiger partial charge on any atom is 0.161 e. The van der Waals surface area contributed by atoms with Crippen LogP contribution >= 0.6 is 95.6 Å². The molecule has 0 unspecified atom stereocenters. The van der Waals surface area contributed by atoms with Gasteiger partial charge in [0.05, 0.1) is 20.8 Å². The van der Waals surface area contributed by atoms with Crippen LogP contribution < -0.4 is 4.65 Å². The third-order valence-electron chi connectivity index (χ3n) is 1.34. The van der Waals surface area contributed by atoms with E-state index in [4.69, 9.17) is 0 Å². The van der Waals surface area contributed by atoms with Crippen LogP contribution in [0.1, 0.15) is 5.56 Å². The fourth-order valence-electron chi connectivity index (χ4n) is 0.745. The van der Waals surface area contributed by atoms with Crippen molar-refractivity contribution in [1.29, 1.82) is 0 Å². The molecule has 0 atom stereocenters. The Labute approximate surface area is 152 Å². The van der Waals surface area contributed by atoms with Crippen LogP contribution in [0.2, 0.25) is 0 Å². The summed E-state index contributed by atoms with van der Waals surface area (Å²) in [5, 5.41) is 0. The van der Waals surface area contributed by atoms with Crippen LogP contribution in [0.25, 0.3) is 0 Å². The van der Waals surface area contributed by atoms with Gasteiger partial charge in [0, 0.05) is 19.0 Å². The number of rotatable bonds is 0. The van der Waals surface area contributed by atoms with Gasteiger partial charge in [-0.15, -0.1) is 0 Å². The van der Waals surface area contributed by atoms with E-state index in [1.54, 1.807) is 0 Å². The van der Waals surface area contributed by atoms with Gasteiger partial charge in [0.1, 0.15) is 0 Å². The van der Waals surface area contributed by atoms with Crippen molar-refractivity contribution in [3.05, 3.63) is 31.1 Å². The molecule has 0 aliphatic carbocycles. The van der Waals surface area contributed by atoms with Gasteiger partial charge >= 0.3 is 0 Å². The second-order valence-electron chi connectivity index (χ2n) is 2.72. The van der Waals surface area contributed by atoms with E-state index in [1.807, 2.05) is 12.1 Å². The van der Waals surface area contributed by atoms with Gasteiger partial charge in [-0.2, -0.15) is 0 Å².